The molecule has 8 heteroatoms. The fourth-order valence-electron chi connectivity index (χ4n) is 0.181. The van der Waals surface area contributed by atoms with Crippen LogP contribution in [-0.4, -0.2) is 23.0 Å². The van der Waals surface area contributed by atoms with Crippen molar-refractivity contribution in [3.63, 3.8) is 0 Å². The largest absolute Gasteiger partial charge is 0.302 e. The van der Waals surface area contributed by atoms with Gasteiger partial charge in [0.15, 0.2) is 9.99 Å². The molecule has 0 aromatic carbocycles. The molecular weight excluding hydrogens is 168 g/mol. The summed E-state index contributed by atoms with van der Waals surface area (Å²) in [5, 5.41) is 4.30. The summed E-state index contributed by atoms with van der Waals surface area (Å²) in [6, 6.07) is 0. The normalized spacial score (nSPS) is 18.9. The summed E-state index contributed by atoms with van der Waals surface area (Å²) >= 11 is 0. The van der Waals surface area contributed by atoms with Crippen LogP contribution in [0.4, 0.5) is 0 Å². The second-order valence-corrected chi connectivity index (χ2v) is 4.31. The van der Waals surface area contributed by atoms with Gasteiger partial charge in [0.25, 0.3) is 10.2 Å². The topological polar surface area (TPSA) is 109 Å². The van der Waals surface area contributed by atoms with E-state index in [-0.39, 0.29) is 0 Å². The van der Waals surface area contributed by atoms with E-state index in [2.05, 4.69) is 11.0 Å². The third-order valence-electron chi connectivity index (χ3n) is 0.246. The van der Waals surface area contributed by atoms with Crippen molar-refractivity contribution in [1.82, 2.24) is 4.13 Å². The number of nitrogens with one attached hydrogen (secondary N) is 1. The van der Waals surface area contributed by atoms with Crippen molar-refractivity contribution < 1.29 is 17.2 Å². The van der Waals surface area contributed by atoms with Gasteiger partial charge >= 0.3 is 0 Å². The molecule has 1 unspecified atom stereocenters. The first-order valence-corrected chi connectivity index (χ1v) is 4.85. The van der Waals surface area contributed by atoms with Crippen LogP contribution in [0.25, 0.3) is 0 Å². The summed E-state index contributed by atoms with van der Waals surface area (Å²) in [5.41, 5.74) is 0. The molecule has 0 fully saturated rings. The van der Waals surface area contributed by atoms with Crippen LogP contribution in [0.15, 0.2) is 0 Å². The van der Waals surface area contributed by atoms with Crippen LogP contribution in [0.2, 0.25) is 0 Å². The van der Waals surface area contributed by atoms with Crippen molar-refractivity contribution in [2.45, 2.75) is 0 Å². The summed E-state index contributed by atoms with van der Waals surface area (Å²) in [7, 11) is -7.86. The van der Waals surface area contributed by atoms with Crippen LogP contribution in [0.3, 0.4) is 0 Å². The van der Waals surface area contributed by atoms with E-state index < -0.39 is 20.2 Å². The van der Waals surface area contributed by atoms with Crippen molar-refractivity contribution in [1.29, 1.82) is 0 Å². The summed E-state index contributed by atoms with van der Waals surface area (Å²) in [5.74, 6) is 2.57. The third-order valence-corrected chi connectivity index (χ3v) is 2.22. The number of nitrogens with two attached hydrogens (primary N) is 1. The molecule has 0 aromatic rings. The van der Waals surface area contributed by atoms with Gasteiger partial charge in [0, 0.05) is 0 Å². The van der Waals surface area contributed by atoms with Crippen molar-refractivity contribution in [3.05, 3.63) is 0 Å². The molecule has 0 saturated heterocycles. The fourth-order valence-corrected chi connectivity index (χ4v) is 1.63. The van der Waals surface area contributed by atoms with Gasteiger partial charge in [0.2, 0.25) is 0 Å². The van der Waals surface area contributed by atoms with Gasteiger partial charge in [-0.15, -0.1) is 4.13 Å². The van der Waals surface area contributed by atoms with Gasteiger partial charge in [-0.1, -0.05) is 0 Å². The first kappa shape index (κ1) is 8.85. The average molecular weight is 174 g/mol. The summed E-state index contributed by atoms with van der Waals surface area (Å²) in [6.45, 7) is 0. The lowest BCUT2D eigenvalue weighted by atomic mass is 12.0. The Hall–Kier alpha value is -0.150. The highest BCUT2D eigenvalue weighted by Gasteiger charge is 2.05. The molecule has 0 aliphatic heterocycles. The smallest absolute Gasteiger partial charge is 0.286 e. The maximum absolute atomic E-state index is 10.1. The predicted octanol–water partition coefficient (Wildman–Crippen LogP) is -2.12. The molecule has 4 N–H and O–H groups in total. The van der Waals surface area contributed by atoms with Gasteiger partial charge < -0.3 is 4.55 Å². The van der Waals surface area contributed by atoms with Crippen LogP contribution in [-0.2, 0) is 20.2 Å². The number of hydrogen-bond acceptors (Lipinski definition) is 3. The first-order chi connectivity index (χ1) is 3.71. The number of hydrogen-bond donors (Lipinski definition) is 3. The molecule has 0 aliphatic carbocycles. The van der Waals surface area contributed by atoms with Gasteiger partial charge in [0.1, 0.15) is 0 Å². The molecule has 6 nitrogen and oxygen atoms in total. The van der Waals surface area contributed by atoms with E-state index in [1.165, 1.54) is 4.13 Å². The van der Waals surface area contributed by atoms with Gasteiger partial charge in [0.05, 0.1) is 0 Å². The minimum absolute atomic E-state index is 1.18. The van der Waals surface area contributed by atoms with E-state index in [1.54, 1.807) is 0 Å². The second-order valence-electron chi connectivity index (χ2n) is 1.27. The Morgan fingerprint density at radius 1 is 1.44 bits per heavy atom. The summed E-state index contributed by atoms with van der Waals surface area (Å²) in [6.07, 6.45) is 0. The van der Waals surface area contributed by atoms with Crippen LogP contribution in [0.5, 0.6) is 0 Å². The predicted molar refractivity (Wildman–Crippen MR) is 34.1 cm³/mol. The van der Waals surface area contributed by atoms with Crippen LogP contribution in [0.1, 0.15) is 0 Å². The van der Waals surface area contributed by atoms with E-state index in [9.17, 15) is 12.6 Å². The molecule has 0 amide bonds. The highest BCUT2D eigenvalue weighted by molar-refractivity contribution is 8.05. The minimum atomic E-state index is -4.12. The van der Waals surface area contributed by atoms with E-state index in [4.69, 9.17) is 4.55 Å². The Bertz CT molecular complexity index is 242. The van der Waals surface area contributed by atoms with Crippen molar-refractivity contribution in [3.8, 4) is 0 Å². The molecule has 0 aromatic heterocycles. The fraction of sp³-hybridized carbons (Fsp3) is 0. The average Bonchev–Trinajstić information content (AvgIpc) is 1.14. The molecule has 0 rings (SSSR count). The van der Waals surface area contributed by atoms with Gasteiger partial charge in [-0.25, -0.2) is 9.35 Å². The monoisotopic (exact) mass is 174 g/mol. The van der Waals surface area contributed by atoms with E-state index in [0.717, 1.165) is 0 Å². The summed E-state index contributed by atoms with van der Waals surface area (Å²) in [4.78, 5) is 0. The maximum Gasteiger partial charge on any atom is 0.286 e. The molecular formula is CH6N2O4S2. The Morgan fingerprint density at radius 3 is 1.78 bits per heavy atom. The molecule has 1 atom stereocenters. The van der Waals surface area contributed by atoms with E-state index in [1.807, 2.05) is 0 Å². The van der Waals surface area contributed by atoms with E-state index in [0.29, 0.717) is 0 Å². The van der Waals surface area contributed by atoms with Crippen LogP contribution < -0.4 is 9.27 Å². The molecule has 0 saturated carbocycles. The van der Waals surface area contributed by atoms with Crippen molar-refractivity contribution in [2.24, 2.45) is 5.14 Å². The van der Waals surface area contributed by atoms with E-state index >= 15 is 0 Å². The lowest BCUT2D eigenvalue weighted by Gasteiger charge is -1.98. The highest BCUT2D eigenvalue weighted by Crippen LogP contribution is 1.74. The third kappa shape index (κ3) is 7.85. The van der Waals surface area contributed by atoms with Gasteiger partial charge in [-0.3, -0.25) is 0 Å². The standard InChI is InChI=1S/CH6N2O4S2/c1-8(4,5)3-9(2,6)7/h1H2,(H2,2,6,7)(H2,3,4,5). The molecule has 0 bridgehead atoms. The molecule has 0 spiro atoms. The van der Waals surface area contributed by atoms with Crippen molar-refractivity contribution >= 4 is 26.1 Å². The molecule has 0 aliphatic rings. The van der Waals surface area contributed by atoms with Gasteiger partial charge in [-0.2, -0.15) is 8.42 Å². The minimum Gasteiger partial charge on any atom is -0.302 e. The Labute approximate surface area is 53.2 Å². The maximum atomic E-state index is 10.1. The SMILES string of the molecule is C=S(=O)(O)NS(N)(=O)=O. The molecule has 56 valence electrons. The quantitative estimate of drug-likeness (QED) is 0.416. The van der Waals surface area contributed by atoms with Crippen LogP contribution >= 0.6 is 0 Å². The Morgan fingerprint density at radius 2 is 1.78 bits per heavy atom. The zero-order valence-corrected chi connectivity index (χ0v) is 5.91. The number of rotatable bonds is 2. The lowest BCUT2D eigenvalue weighted by molar-refractivity contribution is 0.550. The zero-order valence-electron chi connectivity index (χ0n) is 4.27. The molecule has 0 heterocycles. The lowest BCUT2D eigenvalue weighted by Crippen LogP contribution is -2.35. The highest BCUT2D eigenvalue weighted by atomic mass is 32.3. The Kier molecular flexibility index (Phi) is 2.19. The first-order valence-electron chi connectivity index (χ1n) is 1.62. The van der Waals surface area contributed by atoms with Crippen molar-refractivity contribution in [2.75, 3.05) is 0 Å². The van der Waals surface area contributed by atoms with Crippen LogP contribution in [0, 0.1) is 0 Å². The zero-order chi connectivity index (χ0) is 7.71. The Balaban J connectivity index is 4.46. The second kappa shape index (κ2) is 2.23. The summed E-state index contributed by atoms with van der Waals surface area (Å²) < 4.78 is 39.3. The molecule has 9 heavy (non-hydrogen) atoms. The molecule has 0 radical (unpaired) electrons. The van der Waals surface area contributed by atoms with Gasteiger partial charge in [-0.05, 0) is 5.87 Å².